The molecule has 0 saturated carbocycles. The molecular formula is C17H15Cl2N5O3. The van der Waals surface area contributed by atoms with Gasteiger partial charge in [-0.1, -0.05) is 29.3 Å². The highest BCUT2D eigenvalue weighted by Crippen LogP contribution is 2.25. The zero-order valence-electron chi connectivity index (χ0n) is 14.0. The van der Waals surface area contributed by atoms with E-state index in [1.165, 1.54) is 17.1 Å². The first kappa shape index (κ1) is 18.9. The normalized spacial score (nSPS) is 10.7. The minimum absolute atomic E-state index is 0.0763. The highest BCUT2D eigenvalue weighted by Gasteiger charge is 2.10. The van der Waals surface area contributed by atoms with Crippen LogP contribution in [0.15, 0.2) is 42.9 Å². The number of nitrogens with one attached hydrogen (secondary N) is 1. The topological polar surface area (TPSA) is 102 Å². The Morgan fingerprint density at radius 3 is 2.56 bits per heavy atom. The van der Waals surface area contributed by atoms with Gasteiger partial charge in [0, 0.05) is 47.0 Å². The summed E-state index contributed by atoms with van der Waals surface area (Å²) in [5.74, 6) is -0.923. The number of hydrogen-bond donors (Lipinski definition) is 2. The number of anilines is 1. The molecule has 0 unspecified atom stereocenters. The van der Waals surface area contributed by atoms with E-state index >= 15 is 0 Å². The van der Waals surface area contributed by atoms with E-state index in [4.69, 9.17) is 28.3 Å². The summed E-state index contributed by atoms with van der Waals surface area (Å²) in [5, 5.41) is 20.8. The van der Waals surface area contributed by atoms with Crippen LogP contribution in [-0.2, 0) is 17.9 Å². The van der Waals surface area contributed by atoms with Crippen LogP contribution >= 0.6 is 23.2 Å². The van der Waals surface area contributed by atoms with Gasteiger partial charge in [-0.2, -0.15) is 10.2 Å². The van der Waals surface area contributed by atoms with Crippen LogP contribution in [0.2, 0.25) is 10.0 Å². The van der Waals surface area contributed by atoms with Gasteiger partial charge in [-0.05, 0) is 12.1 Å². The van der Waals surface area contributed by atoms with Crippen molar-refractivity contribution in [1.29, 1.82) is 0 Å². The molecule has 10 heteroatoms. The predicted molar refractivity (Wildman–Crippen MR) is 100 cm³/mol. The Kier molecular flexibility index (Phi) is 5.78. The first-order valence-corrected chi connectivity index (χ1v) is 8.70. The Balaban J connectivity index is 1.55. The Morgan fingerprint density at radius 1 is 1.15 bits per heavy atom. The van der Waals surface area contributed by atoms with Crippen LogP contribution in [0.25, 0.3) is 0 Å². The molecule has 0 spiro atoms. The van der Waals surface area contributed by atoms with E-state index in [1.54, 1.807) is 35.1 Å². The Hall–Kier alpha value is -2.84. The molecule has 0 fully saturated rings. The lowest BCUT2D eigenvalue weighted by molar-refractivity contribution is -0.116. The molecule has 0 aliphatic rings. The summed E-state index contributed by atoms with van der Waals surface area (Å²) in [7, 11) is 0. The lowest BCUT2D eigenvalue weighted by Crippen LogP contribution is -2.15. The molecular weight excluding hydrogens is 393 g/mol. The molecule has 27 heavy (non-hydrogen) atoms. The number of halogens is 2. The largest absolute Gasteiger partial charge is 0.478 e. The molecule has 0 saturated heterocycles. The summed E-state index contributed by atoms with van der Waals surface area (Å²) < 4.78 is 3.02. The van der Waals surface area contributed by atoms with E-state index in [1.807, 2.05) is 0 Å². The fourth-order valence-electron chi connectivity index (χ4n) is 2.38. The lowest BCUT2D eigenvalue weighted by Gasteiger charge is -2.07. The first-order valence-electron chi connectivity index (χ1n) is 7.94. The number of nitrogens with zero attached hydrogens (tertiary/aromatic N) is 4. The van der Waals surface area contributed by atoms with Crippen LogP contribution in [0.5, 0.6) is 0 Å². The van der Waals surface area contributed by atoms with Gasteiger partial charge in [0.25, 0.3) is 0 Å². The third-order valence-electron chi connectivity index (χ3n) is 3.74. The second kappa shape index (κ2) is 8.24. The average molecular weight is 408 g/mol. The van der Waals surface area contributed by atoms with Gasteiger partial charge in [0.1, 0.15) is 0 Å². The van der Waals surface area contributed by atoms with Crippen molar-refractivity contribution in [3.8, 4) is 0 Å². The maximum Gasteiger partial charge on any atom is 0.338 e. The van der Waals surface area contributed by atoms with Gasteiger partial charge in [-0.3, -0.25) is 14.2 Å². The second-order valence-electron chi connectivity index (χ2n) is 5.69. The van der Waals surface area contributed by atoms with Gasteiger partial charge in [0.05, 0.1) is 18.3 Å². The van der Waals surface area contributed by atoms with Crippen molar-refractivity contribution in [2.75, 3.05) is 5.32 Å². The first-order chi connectivity index (χ1) is 12.9. The number of rotatable bonds is 7. The molecule has 1 amide bonds. The second-order valence-corrected chi connectivity index (χ2v) is 6.51. The predicted octanol–water partition coefficient (Wildman–Crippen LogP) is 3.16. The molecule has 3 rings (SSSR count). The molecule has 0 aliphatic carbocycles. The molecule has 2 aromatic heterocycles. The number of carbonyl (C=O) groups excluding carboxylic acids is 1. The van der Waals surface area contributed by atoms with Crippen molar-refractivity contribution in [3.05, 3.63) is 64.0 Å². The number of carbonyl (C=O) groups is 2. The molecule has 2 heterocycles. The summed E-state index contributed by atoms with van der Waals surface area (Å²) >= 11 is 12.3. The van der Waals surface area contributed by atoms with E-state index in [0.29, 0.717) is 22.4 Å². The van der Waals surface area contributed by atoms with E-state index in [0.717, 1.165) is 5.56 Å². The molecule has 1 aromatic carbocycles. The van der Waals surface area contributed by atoms with Crippen molar-refractivity contribution < 1.29 is 14.7 Å². The minimum Gasteiger partial charge on any atom is -0.478 e. The van der Waals surface area contributed by atoms with Gasteiger partial charge < -0.3 is 10.4 Å². The van der Waals surface area contributed by atoms with Crippen LogP contribution in [0.4, 0.5) is 5.82 Å². The van der Waals surface area contributed by atoms with Crippen LogP contribution in [0.3, 0.4) is 0 Å². The molecule has 0 aliphatic heterocycles. The van der Waals surface area contributed by atoms with Crippen molar-refractivity contribution in [3.63, 3.8) is 0 Å². The molecule has 0 radical (unpaired) electrons. The van der Waals surface area contributed by atoms with Crippen LogP contribution in [-0.4, -0.2) is 36.5 Å². The van der Waals surface area contributed by atoms with Crippen LogP contribution in [0, 0.1) is 0 Å². The smallest absolute Gasteiger partial charge is 0.338 e. The van der Waals surface area contributed by atoms with Crippen molar-refractivity contribution in [2.24, 2.45) is 0 Å². The maximum absolute atomic E-state index is 12.0. The summed E-state index contributed by atoms with van der Waals surface area (Å²) in [5.41, 5.74) is 0.821. The minimum atomic E-state index is -1.06. The fourth-order valence-corrected chi connectivity index (χ4v) is 2.90. The molecule has 2 N–H and O–H groups in total. The highest BCUT2D eigenvalue weighted by atomic mass is 35.5. The SMILES string of the molecule is O=C(CCn1cc(C(=O)O)cn1)Nc1ccn(Cc2c(Cl)cccc2Cl)n1. The van der Waals surface area contributed by atoms with E-state index in [2.05, 4.69) is 15.5 Å². The van der Waals surface area contributed by atoms with Crippen molar-refractivity contribution in [1.82, 2.24) is 19.6 Å². The highest BCUT2D eigenvalue weighted by molar-refractivity contribution is 6.35. The number of carboxylic acid groups (broad SMARTS) is 1. The van der Waals surface area contributed by atoms with E-state index < -0.39 is 5.97 Å². The number of hydrogen-bond acceptors (Lipinski definition) is 4. The Labute approximate surface area is 164 Å². The Morgan fingerprint density at radius 2 is 1.89 bits per heavy atom. The maximum atomic E-state index is 12.0. The van der Waals surface area contributed by atoms with Gasteiger partial charge in [0.15, 0.2) is 5.82 Å². The zero-order chi connectivity index (χ0) is 19.4. The number of benzene rings is 1. The molecule has 140 valence electrons. The van der Waals surface area contributed by atoms with Gasteiger partial charge in [-0.15, -0.1) is 0 Å². The number of aromatic carboxylic acids is 1. The van der Waals surface area contributed by atoms with Gasteiger partial charge in [0.2, 0.25) is 5.91 Å². The van der Waals surface area contributed by atoms with Gasteiger partial charge in [-0.25, -0.2) is 4.79 Å². The third kappa shape index (κ3) is 4.87. The molecule has 0 atom stereocenters. The van der Waals surface area contributed by atoms with E-state index in [9.17, 15) is 9.59 Å². The van der Waals surface area contributed by atoms with Crippen LogP contribution < -0.4 is 5.32 Å². The average Bonchev–Trinajstić information content (AvgIpc) is 3.26. The molecule has 8 nitrogen and oxygen atoms in total. The quantitative estimate of drug-likeness (QED) is 0.625. The summed E-state index contributed by atoms with van der Waals surface area (Å²) in [6.45, 7) is 0.634. The third-order valence-corrected chi connectivity index (χ3v) is 4.45. The van der Waals surface area contributed by atoms with Gasteiger partial charge >= 0.3 is 5.97 Å². The summed E-state index contributed by atoms with van der Waals surface area (Å²) in [4.78, 5) is 22.9. The standard InChI is InChI=1S/C17H15Cl2N5O3/c18-13-2-1-3-14(19)12(13)10-24-6-4-15(22-24)21-16(25)5-7-23-9-11(8-20-23)17(26)27/h1-4,6,8-9H,5,7,10H2,(H,26,27)(H,21,22,25). The number of aryl methyl sites for hydroxylation is 1. The summed E-state index contributed by atoms with van der Waals surface area (Å²) in [6.07, 6.45) is 4.45. The number of amides is 1. The monoisotopic (exact) mass is 407 g/mol. The zero-order valence-corrected chi connectivity index (χ0v) is 15.5. The van der Waals surface area contributed by atoms with Crippen LogP contribution in [0.1, 0.15) is 22.3 Å². The van der Waals surface area contributed by atoms with E-state index in [-0.39, 0.29) is 24.4 Å². The van der Waals surface area contributed by atoms with Crippen molar-refractivity contribution >= 4 is 40.9 Å². The lowest BCUT2D eigenvalue weighted by atomic mass is 10.2. The Bertz CT molecular complexity index is 962. The number of carboxylic acids is 1. The summed E-state index contributed by atoms with van der Waals surface area (Å²) in [6, 6.07) is 6.93. The molecule has 3 aromatic rings. The van der Waals surface area contributed by atoms with Crippen molar-refractivity contribution in [2.45, 2.75) is 19.5 Å². The molecule has 0 bridgehead atoms. The number of aromatic nitrogens is 4. The fraction of sp³-hybridized carbons (Fsp3) is 0.176.